The molecule has 0 saturated heterocycles. The minimum absolute atomic E-state index is 0.816. The topological polar surface area (TPSA) is 48.3 Å². The first kappa shape index (κ1) is 27.5. The standard InChI is InChI=1S/C48H26N4O/c1-2-12-28(13-3-1)45-48(49-36-24-23-27-11-4-5-14-29(27)46(36)50-45)52-37-19-9-16-31-32-17-8-18-33-34-26-42-35(30-15-6-7-22-41(30)53-42)25-40(34)51(47(32)33)38-20-10-21-39(52)44(38)43(31)37/h1-26H. The van der Waals surface area contributed by atoms with Crippen LogP contribution in [0.5, 0.6) is 0 Å². The average molecular weight is 675 g/mol. The van der Waals surface area contributed by atoms with Crippen molar-refractivity contribution in [2.45, 2.75) is 0 Å². The molecule has 0 aliphatic carbocycles. The van der Waals surface area contributed by atoms with Gasteiger partial charge < -0.3 is 8.82 Å². The maximum atomic E-state index is 6.41. The van der Waals surface area contributed by atoms with E-state index in [1.165, 1.54) is 37.8 Å². The number of nitrogens with zero attached hydrogens (tertiary/aromatic N) is 4. The maximum Gasteiger partial charge on any atom is 0.165 e. The van der Waals surface area contributed by atoms with Gasteiger partial charge in [-0.15, -0.1) is 0 Å². The van der Waals surface area contributed by atoms with Crippen molar-refractivity contribution in [2.75, 3.05) is 0 Å². The first-order chi connectivity index (χ1) is 26.3. The van der Waals surface area contributed by atoms with Crippen LogP contribution in [0.4, 0.5) is 0 Å². The maximum absolute atomic E-state index is 6.41. The van der Waals surface area contributed by atoms with E-state index in [1.807, 2.05) is 6.07 Å². The second-order valence-corrected chi connectivity index (χ2v) is 14.1. The molecular weight excluding hydrogens is 649 g/mol. The molecule has 0 bridgehead atoms. The summed E-state index contributed by atoms with van der Waals surface area (Å²) in [6.45, 7) is 0. The SMILES string of the molecule is c1ccc(-c2nc3c(ccc4ccccc43)nc2-n2c3cccc4c5cccc6c7cc8oc9ccccc9c8cc7n(c7cccc2c7c43)c56)cc1. The van der Waals surface area contributed by atoms with Gasteiger partial charge in [0.05, 0.1) is 38.6 Å². The number of para-hydroxylation sites is 2. The van der Waals surface area contributed by atoms with Crippen molar-refractivity contribution < 1.29 is 4.42 Å². The van der Waals surface area contributed by atoms with E-state index in [2.05, 4.69) is 161 Å². The lowest BCUT2D eigenvalue weighted by molar-refractivity contribution is 0.669. The number of hydrogen-bond acceptors (Lipinski definition) is 3. The van der Waals surface area contributed by atoms with Gasteiger partial charge in [0.1, 0.15) is 16.9 Å². The fraction of sp³-hybridized carbons (Fsp3) is 0. The summed E-state index contributed by atoms with van der Waals surface area (Å²) < 4.78 is 11.2. The summed E-state index contributed by atoms with van der Waals surface area (Å²) in [6, 6.07) is 56.2. The molecule has 0 saturated carbocycles. The summed E-state index contributed by atoms with van der Waals surface area (Å²) in [5.41, 5.74) is 11.2. The molecule has 0 unspecified atom stereocenters. The van der Waals surface area contributed by atoms with Crippen LogP contribution >= 0.6 is 0 Å². The van der Waals surface area contributed by atoms with Crippen molar-refractivity contribution in [2.24, 2.45) is 0 Å². The number of benzene rings is 8. The Kier molecular flexibility index (Phi) is 5.06. The number of hydrogen-bond donors (Lipinski definition) is 0. The lowest BCUT2D eigenvalue weighted by Gasteiger charge is -2.15. The Morgan fingerprint density at radius 3 is 2.04 bits per heavy atom. The summed E-state index contributed by atoms with van der Waals surface area (Å²) in [7, 11) is 0. The van der Waals surface area contributed by atoms with Gasteiger partial charge in [0.15, 0.2) is 5.82 Å². The molecule has 244 valence electrons. The molecular formula is C48H26N4O. The summed E-state index contributed by atoms with van der Waals surface area (Å²) in [6.07, 6.45) is 0. The van der Waals surface area contributed by atoms with Gasteiger partial charge in [-0.3, -0.25) is 4.57 Å². The summed E-state index contributed by atoms with van der Waals surface area (Å²) in [4.78, 5) is 11.0. The molecule has 0 aliphatic heterocycles. The highest BCUT2D eigenvalue weighted by atomic mass is 16.3. The van der Waals surface area contributed by atoms with E-state index in [0.717, 1.165) is 82.9 Å². The van der Waals surface area contributed by atoms with Crippen LogP contribution in [0.25, 0.3) is 121 Å². The molecule has 5 aromatic heterocycles. The third-order valence-corrected chi connectivity index (χ3v) is 11.4. The van der Waals surface area contributed by atoms with Crippen molar-refractivity contribution in [1.82, 2.24) is 18.9 Å². The van der Waals surface area contributed by atoms with Crippen LogP contribution in [0.2, 0.25) is 0 Å². The first-order valence-corrected chi connectivity index (χ1v) is 18.0. The monoisotopic (exact) mass is 674 g/mol. The zero-order chi connectivity index (χ0) is 34.4. The first-order valence-electron chi connectivity index (χ1n) is 18.0. The highest BCUT2D eigenvalue weighted by Crippen LogP contribution is 2.46. The molecule has 13 rings (SSSR count). The molecule has 0 atom stereocenters. The van der Waals surface area contributed by atoms with E-state index in [0.29, 0.717) is 0 Å². The van der Waals surface area contributed by atoms with Crippen LogP contribution in [0, 0.1) is 0 Å². The Hall–Kier alpha value is -7.24. The van der Waals surface area contributed by atoms with Gasteiger partial charge in [0.25, 0.3) is 0 Å². The molecule has 5 heterocycles. The normalized spacial score (nSPS) is 12.5. The third kappa shape index (κ3) is 3.46. The van der Waals surface area contributed by atoms with Gasteiger partial charge in [-0.05, 0) is 53.2 Å². The minimum atomic E-state index is 0.816. The molecule has 0 radical (unpaired) electrons. The number of furan rings is 1. The Labute approximate surface area is 300 Å². The molecule has 0 spiro atoms. The summed E-state index contributed by atoms with van der Waals surface area (Å²) in [5.74, 6) is 0.816. The van der Waals surface area contributed by atoms with Gasteiger partial charge in [0, 0.05) is 48.7 Å². The van der Waals surface area contributed by atoms with Crippen molar-refractivity contribution in [3.8, 4) is 17.1 Å². The van der Waals surface area contributed by atoms with Crippen molar-refractivity contribution in [1.29, 1.82) is 0 Å². The fourth-order valence-electron chi connectivity index (χ4n) is 9.20. The Balaban J connectivity index is 1.24. The molecule has 8 aromatic carbocycles. The second-order valence-electron chi connectivity index (χ2n) is 14.1. The van der Waals surface area contributed by atoms with Crippen LogP contribution in [0.3, 0.4) is 0 Å². The fourth-order valence-corrected chi connectivity index (χ4v) is 9.20. The highest BCUT2D eigenvalue weighted by Gasteiger charge is 2.25. The van der Waals surface area contributed by atoms with E-state index >= 15 is 0 Å². The molecule has 53 heavy (non-hydrogen) atoms. The van der Waals surface area contributed by atoms with Crippen LogP contribution in [-0.2, 0) is 0 Å². The molecule has 0 amide bonds. The van der Waals surface area contributed by atoms with E-state index in [9.17, 15) is 0 Å². The Morgan fingerprint density at radius 2 is 1.13 bits per heavy atom. The van der Waals surface area contributed by atoms with Crippen LogP contribution in [-0.4, -0.2) is 18.9 Å². The van der Waals surface area contributed by atoms with E-state index < -0.39 is 0 Å². The molecule has 5 nitrogen and oxygen atoms in total. The van der Waals surface area contributed by atoms with Crippen LogP contribution in [0.15, 0.2) is 162 Å². The number of aromatic nitrogens is 4. The third-order valence-electron chi connectivity index (χ3n) is 11.4. The van der Waals surface area contributed by atoms with E-state index in [-0.39, 0.29) is 0 Å². The second kappa shape index (κ2) is 9.75. The van der Waals surface area contributed by atoms with E-state index in [1.54, 1.807) is 0 Å². The zero-order valence-corrected chi connectivity index (χ0v) is 28.2. The van der Waals surface area contributed by atoms with Crippen LogP contribution < -0.4 is 0 Å². The zero-order valence-electron chi connectivity index (χ0n) is 28.2. The highest BCUT2D eigenvalue weighted by molar-refractivity contribution is 6.32. The predicted octanol–water partition coefficient (Wildman–Crippen LogP) is 12.6. The van der Waals surface area contributed by atoms with Crippen molar-refractivity contribution >= 4 is 104 Å². The quantitative estimate of drug-likeness (QED) is 0.172. The van der Waals surface area contributed by atoms with Crippen LogP contribution in [0.1, 0.15) is 0 Å². The summed E-state index contributed by atoms with van der Waals surface area (Å²) in [5, 5.41) is 11.7. The molecule has 0 aliphatic rings. The van der Waals surface area contributed by atoms with Gasteiger partial charge in [-0.2, -0.15) is 0 Å². The average Bonchev–Trinajstić information content (AvgIpc) is 3.84. The number of rotatable bonds is 2. The lowest BCUT2D eigenvalue weighted by Crippen LogP contribution is -2.04. The predicted molar refractivity (Wildman–Crippen MR) is 219 cm³/mol. The molecule has 13 aromatic rings. The molecule has 0 N–H and O–H groups in total. The van der Waals surface area contributed by atoms with Gasteiger partial charge >= 0.3 is 0 Å². The Bertz CT molecular complexity index is 3680. The van der Waals surface area contributed by atoms with Gasteiger partial charge in [-0.25, -0.2) is 9.97 Å². The van der Waals surface area contributed by atoms with Gasteiger partial charge in [0.2, 0.25) is 0 Å². The largest absolute Gasteiger partial charge is 0.456 e. The van der Waals surface area contributed by atoms with Crippen molar-refractivity contribution in [3.63, 3.8) is 0 Å². The molecule has 0 fully saturated rings. The van der Waals surface area contributed by atoms with Gasteiger partial charge in [-0.1, -0.05) is 115 Å². The Morgan fingerprint density at radius 1 is 0.434 bits per heavy atom. The molecule has 5 heteroatoms. The summed E-state index contributed by atoms with van der Waals surface area (Å²) >= 11 is 0. The number of fused-ring (bicyclic) bond motifs is 11. The van der Waals surface area contributed by atoms with Crippen molar-refractivity contribution in [3.05, 3.63) is 158 Å². The lowest BCUT2D eigenvalue weighted by atomic mass is 10.0. The van der Waals surface area contributed by atoms with E-state index in [4.69, 9.17) is 14.4 Å². The smallest absolute Gasteiger partial charge is 0.165 e. The minimum Gasteiger partial charge on any atom is -0.456 e.